The molecule has 1 rings (SSSR count). The second-order valence-electron chi connectivity index (χ2n) is 4.56. The van der Waals surface area contributed by atoms with Crippen LogP contribution in [0.15, 0.2) is 30.3 Å². The van der Waals surface area contributed by atoms with E-state index in [-0.39, 0.29) is 0 Å². The summed E-state index contributed by atoms with van der Waals surface area (Å²) in [5, 5.41) is 3.53. The molecule has 16 heavy (non-hydrogen) atoms. The molecule has 0 aliphatic heterocycles. The van der Waals surface area contributed by atoms with Gasteiger partial charge in [-0.25, -0.2) is 0 Å². The predicted molar refractivity (Wildman–Crippen MR) is 71.8 cm³/mol. The van der Waals surface area contributed by atoms with Gasteiger partial charge in [-0.2, -0.15) is 0 Å². The molecule has 1 unspecified atom stereocenters. The van der Waals surface area contributed by atoms with Crippen molar-refractivity contribution >= 4 is 0 Å². The van der Waals surface area contributed by atoms with Crippen LogP contribution in [-0.4, -0.2) is 12.6 Å². The Kier molecular flexibility index (Phi) is 6.91. The highest BCUT2D eigenvalue weighted by atomic mass is 14.9. The van der Waals surface area contributed by atoms with E-state index in [0.29, 0.717) is 6.04 Å². The minimum Gasteiger partial charge on any atom is -0.314 e. The van der Waals surface area contributed by atoms with Crippen molar-refractivity contribution in [2.24, 2.45) is 0 Å². The molecule has 0 heterocycles. The van der Waals surface area contributed by atoms with Crippen molar-refractivity contribution in [2.75, 3.05) is 6.54 Å². The highest BCUT2D eigenvalue weighted by Gasteiger charge is 1.96. The highest BCUT2D eigenvalue weighted by molar-refractivity contribution is 5.14. The van der Waals surface area contributed by atoms with E-state index in [2.05, 4.69) is 49.5 Å². The topological polar surface area (TPSA) is 12.0 Å². The molecule has 1 nitrogen and oxygen atoms in total. The molecule has 90 valence electrons. The number of hydrogen-bond donors (Lipinski definition) is 1. The molecule has 0 amide bonds. The van der Waals surface area contributed by atoms with Gasteiger partial charge in [0, 0.05) is 6.04 Å². The summed E-state index contributed by atoms with van der Waals surface area (Å²) < 4.78 is 0. The van der Waals surface area contributed by atoms with Gasteiger partial charge in [0.1, 0.15) is 0 Å². The normalized spacial score (nSPS) is 12.6. The molecule has 0 bridgehead atoms. The Hall–Kier alpha value is -0.820. The van der Waals surface area contributed by atoms with Gasteiger partial charge in [0.25, 0.3) is 0 Å². The molecule has 0 saturated carbocycles. The minimum atomic E-state index is 0.675. The third-order valence-corrected chi connectivity index (χ3v) is 3.09. The molecule has 0 aromatic heterocycles. The van der Waals surface area contributed by atoms with Gasteiger partial charge in [0.15, 0.2) is 0 Å². The second-order valence-corrected chi connectivity index (χ2v) is 4.56. The van der Waals surface area contributed by atoms with Gasteiger partial charge < -0.3 is 5.32 Å². The molecule has 1 N–H and O–H groups in total. The summed E-state index contributed by atoms with van der Waals surface area (Å²) in [6.45, 7) is 5.65. The summed E-state index contributed by atoms with van der Waals surface area (Å²) in [4.78, 5) is 0. The average molecular weight is 219 g/mol. The fourth-order valence-corrected chi connectivity index (χ4v) is 1.77. The van der Waals surface area contributed by atoms with Crippen molar-refractivity contribution in [1.29, 1.82) is 0 Å². The first-order valence-corrected chi connectivity index (χ1v) is 6.60. The van der Waals surface area contributed by atoms with Crippen molar-refractivity contribution < 1.29 is 0 Å². The average Bonchev–Trinajstić information content (AvgIpc) is 2.34. The SMILES string of the molecule is CCC(C)NCCCCCc1ccccc1. The van der Waals surface area contributed by atoms with Crippen LogP contribution in [0.5, 0.6) is 0 Å². The van der Waals surface area contributed by atoms with E-state index >= 15 is 0 Å². The quantitative estimate of drug-likeness (QED) is 0.656. The van der Waals surface area contributed by atoms with E-state index in [1.807, 2.05) is 0 Å². The molecule has 1 heteroatoms. The summed E-state index contributed by atoms with van der Waals surface area (Å²) >= 11 is 0. The first-order valence-electron chi connectivity index (χ1n) is 6.60. The Balaban J connectivity index is 1.96. The molecular formula is C15H25N. The summed E-state index contributed by atoms with van der Waals surface area (Å²) in [6.07, 6.45) is 6.40. The lowest BCUT2D eigenvalue weighted by molar-refractivity contribution is 0.511. The Bertz CT molecular complexity index is 255. The van der Waals surface area contributed by atoms with E-state index in [1.54, 1.807) is 0 Å². The van der Waals surface area contributed by atoms with Crippen molar-refractivity contribution in [3.8, 4) is 0 Å². The first-order chi connectivity index (χ1) is 7.83. The maximum atomic E-state index is 3.53. The monoisotopic (exact) mass is 219 g/mol. The Morgan fingerprint density at radius 2 is 1.81 bits per heavy atom. The third kappa shape index (κ3) is 5.92. The lowest BCUT2D eigenvalue weighted by Crippen LogP contribution is -2.25. The van der Waals surface area contributed by atoms with Gasteiger partial charge in [0.2, 0.25) is 0 Å². The fraction of sp³-hybridized carbons (Fsp3) is 0.600. The molecule has 1 atom stereocenters. The zero-order valence-corrected chi connectivity index (χ0v) is 10.7. The van der Waals surface area contributed by atoms with Gasteiger partial charge in [-0.3, -0.25) is 0 Å². The van der Waals surface area contributed by atoms with Crippen LogP contribution >= 0.6 is 0 Å². The van der Waals surface area contributed by atoms with Crippen LogP contribution in [0, 0.1) is 0 Å². The third-order valence-electron chi connectivity index (χ3n) is 3.09. The summed E-state index contributed by atoms with van der Waals surface area (Å²) in [5.41, 5.74) is 1.47. The van der Waals surface area contributed by atoms with Crippen LogP contribution in [0.1, 0.15) is 45.1 Å². The Morgan fingerprint density at radius 1 is 1.06 bits per heavy atom. The molecule has 0 spiro atoms. The largest absolute Gasteiger partial charge is 0.314 e. The maximum absolute atomic E-state index is 3.53. The molecule has 1 aromatic carbocycles. The molecule has 0 aliphatic rings. The van der Waals surface area contributed by atoms with Crippen molar-refractivity contribution in [2.45, 2.75) is 52.0 Å². The van der Waals surface area contributed by atoms with E-state index in [4.69, 9.17) is 0 Å². The van der Waals surface area contributed by atoms with Crippen LogP contribution in [0.3, 0.4) is 0 Å². The predicted octanol–water partition coefficient (Wildman–Crippen LogP) is 3.79. The molecular weight excluding hydrogens is 194 g/mol. The number of nitrogens with one attached hydrogen (secondary N) is 1. The molecule has 0 radical (unpaired) electrons. The second kappa shape index (κ2) is 8.35. The zero-order valence-electron chi connectivity index (χ0n) is 10.7. The fourth-order valence-electron chi connectivity index (χ4n) is 1.77. The molecule has 0 fully saturated rings. The van der Waals surface area contributed by atoms with Gasteiger partial charge in [-0.05, 0) is 44.7 Å². The lowest BCUT2D eigenvalue weighted by Gasteiger charge is -2.10. The van der Waals surface area contributed by atoms with E-state index < -0.39 is 0 Å². The lowest BCUT2D eigenvalue weighted by atomic mass is 10.1. The standard InChI is InChI=1S/C15H25N/c1-3-14(2)16-13-9-5-8-12-15-10-6-4-7-11-15/h4,6-7,10-11,14,16H,3,5,8-9,12-13H2,1-2H3. The zero-order chi connectivity index (χ0) is 11.6. The Morgan fingerprint density at radius 3 is 2.50 bits per heavy atom. The van der Waals surface area contributed by atoms with E-state index in [9.17, 15) is 0 Å². The smallest absolute Gasteiger partial charge is 0.00360 e. The minimum absolute atomic E-state index is 0.675. The van der Waals surface area contributed by atoms with Crippen molar-refractivity contribution in [3.05, 3.63) is 35.9 Å². The van der Waals surface area contributed by atoms with Crippen LogP contribution in [-0.2, 0) is 6.42 Å². The van der Waals surface area contributed by atoms with Gasteiger partial charge >= 0.3 is 0 Å². The highest BCUT2D eigenvalue weighted by Crippen LogP contribution is 2.05. The summed E-state index contributed by atoms with van der Waals surface area (Å²) in [5.74, 6) is 0. The summed E-state index contributed by atoms with van der Waals surface area (Å²) in [6, 6.07) is 11.4. The van der Waals surface area contributed by atoms with E-state index in [0.717, 1.165) is 0 Å². The Labute approximate surface area is 100 Å². The number of hydrogen-bond acceptors (Lipinski definition) is 1. The van der Waals surface area contributed by atoms with Crippen molar-refractivity contribution in [1.82, 2.24) is 5.32 Å². The number of rotatable bonds is 8. The van der Waals surface area contributed by atoms with Crippen LogP contribution in [0.4, 0.5) is 0 Å². The van der Waals surface area contributed by atoms with Crippen molar-refractivity contribution in [3.63, 3.8) is 0 Å². The number of aryl methyl sites for hydroxylation is 1. The van der Waals surface area contributed by atoms with Gasteiger partial charge in [-0.1, -0.05) is 43.7 Å². The number of unbranched alkanes of at least 4 members (excludes halogenated alkanes) is 2. The maximum Gasteiger partial charge on any atom is 0.00360 e. The molecule has 0 aliphatic carbocycles. The summed E-state index contributed by atoms with van der Waals surface area (Å²) in [7, 11) is 0. The van der Waals surface area contributed by atoms with Crippen LogP contribution in [0.25, 0.3) is 0 Å². The molecule has 1 aromatic rings. The van der Waals surface area contributed by atoms with E-state index in [1.165, 1.54) is 44.2 Å². The molecule has 0 saturated heterocycles. The van der Waals surface area contributed by atoms with Gasteiger partial charge in [-0.15, -0.1) is 0 Å². The first kappa shape index (κ1) is 13.2. The van der Waals surface area contributed by atoms with Crippen LogP contribution < -0.4 is 5.32 Å². The number of benzene rings is 1. The van der Waals surface area contributed by atoms with Crippen LogP contribution in [0.2, 0.25) is 0 Å². The van der Waals surface area contributed by atoms with Gasteiger partial charge in [0.05, 0.1) is 0 Å².